The van der Waals surface area contributed by atoms with Crippen molar-refractivity contribution in [3.8, 4) is 5.75 Å². The van der Waals surface area contributed by atoms with Gasteiger partial charge in [-0.05, 0) is 58.0 Å². The van der Waals surface area contributed by atoms with Crippen LogP contribution in [0.5, 0.6) is 5.75 Å². The molecule has 106 valence electrons. The van der Waals surface area contributed by atoms with E-state index in [2.05, 4.69) is 11.9 Å². The van der Waals surface area contributed by atoms with E-state index in [0.717, 1.165) is 12.0 Å². The average Bonchev–Trinajstić information content (AvgIpc) is 2.77. The van der Waals surface area contributed by atoms with Crippen LogP contribution in [0.2, 0.25) is 0 Å². The number of hydrogen-bond donors (Lipinski definition) is 1. The summed E-state index contributed by atoms with van der Waals surface area (Å²) in [6.07, 6.45) is 3.51. The number of likely N-dealkylation sites (tertiary alicyclic amines) is 1. The Labute approximate surface area is 114 Å². The van der Waals surface area contributed by atoms with Crippen molar-refractivity contribution < 1.29 is 9.13 Å². The molecule has 1 heterocycles. The van der Waals surface area contributed by atoms with Crippen LogP contribution in [0.3, 0.4) is 0 Å². The van der Waals surface area contributed by atoms with Crippen molar-refractivity contribution in [3.63, 3.8) is 0 Å². The minimum Gasteiger partial charge on any atom is -0.493 e. The Morgan fingerprint density at radius 1 is 1.53 bits per heavy atom. The predicted molar refractivity (Wildman–Crippen MR) is 74.8 cm³/mol. The van der Waals surface area contributed by atoms with Gasteiger partial charge in [-0.1, -0.05) is 0 Å². The highest BCUT2D eigenvalue weighted by atomic mass is 19.1. The lowest BCUT2D eigenvalue weighted by atomic mass is 10.1. The van der Waals surface area contributed by atoms with Gasteiger partial charge in [0.1, 0.15) is 11.6 Å². The van der Waals surface area contributed by atoms with Crippen LogP contribution in [-0.4, -0.2) is 31.1 Å². The number of benzene rings is 1. The van der Waals surface area contributed by atoms with Gasteiger partial charge in [0, 0.05) is 17.6 Å². The zero-order valence-corrected chi connectivity index (χ0v) is 11.7. The molecule has 1 aliphatic heterocycles. The SMILES string of the molecule is C[C@@H](N)c1cc(F)ccc1OCCC1CCCN1C. The van der Waals surface area contributed by atoms with Crippen LogP contribution in [0, 0.1) is 5.82 Å². The first-order valence-corrected chi connectivity index (χ1v) is 6.96. The second kappa shape index (κ2) is 6.35. The number of halogens is 1. The second-order valence-corrected chi connectivity index (χ2v) is 5.38. The Morgan fingerprint density at radius 3 is 2.95 bits per heavy atom. The van der Waals surface area contributed by atoms with Crippen LogP contribution in [-0.2, 0) is 0 Å². The van der Waals surface area contributed by atoms with Crippen LogP contribution in [0.4, 0.5) is 4.39 Å². The maximum Gasteiger partial charge on any atom is 0.124 e. The summed E-state index contributed by atoms with van der Waals surface area (Å²) in [6.45, 7) is 3.67. The normalized spacial score (nSPS) is 21.6. The van der Waals surface area contributed by atoms with Crippen LogP contribution < -0.4 is 10.5 Å². The Kier molecular flexibility index (Phi) is 4.77. The van der Waals surface area contributed by atoms with Crippen molar-refractivity contribution in [2.24, 2.45) is 5.73 Å². The van der Waals surface area contributed by atoms with E-state index in [-0.39, 0.29) is 11.9 Å². The summed E-state index contributed by atoms with van der Waals surface area (Å²) in [5.41, 5.74) is 6.58. The molecule has 2 atom stereocenters. The number of rotatable bonds is 5. The lowest BCUT2D eigenvalue weighted by Crippen LogP contribution is -2.26. The average molecular weight is 266 g/mol. The largest absolute Gasteiger partial charge is 0.493 e. The first-order valence-electron chi connectivity index (χ1n) is 6.96. The van der Waals surface area contributed by atoms with E-state index in [4.69, 9.17) is 10.5 Å². The first kappa shape index (κ1) is 14.3. The molecule has 1 aliphatic rings. The van der Waals surface area contributed by atoms with Crippen molar-refractivity contribution in [1.29, 1.82) is 0 Å². The van der Waals surface area contributed by atoms with Gasteiger partial charge in [-0.3, -0.25) is 0 Å². The minimum absolute atomic E-state index is 0.222. The minimum atomic E-state index is -0.268. The van der Waals surface area contributed by atoms with E-state index >= 15 is 0 Å². The molecule has 1 aromatic rings. The molecule has 0 spiro atoms. The summed E-state index contributed by atoms with van der Waals surface area (Å²) in [6, 6.07) is 4.94. The smallest absolute Gasteiger partial charge is 0.124 e. The molecule has 0 amide bonds. The lowest BCUT2D eigenvalue weighted by molar-refractivity contribution is 0.231. The molecule has 3 nitrogen and oxygen atoms in total. The molecule has 0 aromatic heterocycles. The van der Waals surface area contributed by atoms with Gasteiger partial charge in [0.2, 0.25) is 0 Å². The Hall–Kier alpha value is -1.13. The molecule has 1 saturated heterocycles. The molecule has 2 N–H and O–H groups in total. The van der Waals surface area contributed by atoms with Crippen LogP contribution in [0.25, 0.3) is 0 Å². The highest BCUT2D eigenvalue weighted by Gasteiger charge is 2.20. The van der Waals surface area contributed by atoms with E-state index in [1.165, 1.54) is 31.5 Å². The van der Waals surface area contributed by atoms with Crippen LogP contribution in [0.1, 0.15) is 37.8 Å². The van der Waals surface area contributed by atoms with Gasteiger partial charge >= 0.3 is 0 Å². The quantitative estimate of drug-likeness (QED) is 0.890. The molecule has 1 aromatic carbocycles. The molecule has 4 heteroatoms. The van der Waals surface area contributed by atoms with E-state index in [0.29, 0.717) is 18.4 Å². The van der Waals surface area contributed by atoms with Crippen molar-refractivity contribution in [1.82, 2.24) is 4.90 Å². The number of nitrogens with zero attached hydrogens (tertiary/aromatic N) is 1. The highest BCUT2D eigenvalue weighted by Crippen LogP contribution is 2.25. The Bertz CT molecular complexity index is 423. The van der Waals surface area contributed by atoms with Crippen molar-refractivity contribution >= 4 is 0 Å². The number of ether oxygens (including phenoxy) is 1. The fourth-order valence-corrected chi connectivity index (χ4v) is 2.66. The summed E-state index contributed by atoms with van der Waals surface area (Å²) in [7, 11) is 2.16. The highest BCUT2D eigenvalue weighted by molar-refractivity contribution is 5.36. The zero-order chi connectivity index (χ0) is 13.8. The molecule has 0 radical (unpaired) electrons. The fourth-order valence-electron chi connectivity index (χ4n) is 2.66. The zero-order valence-electron chi connectivity index (χ0n) is 11.7. The Morgan fingerprint density at radius 2 is 2.32 bits per heavy atom. The maximum atomic E-state index is 13.2. The number of nitrogens with two attached hydrogens (primary N) is 1. The lowest BCUT2D eigenvalue weighted by Gasteiger charge is -2.20. The van der Waals surface area contributed by atoms with E-state index in [1.54, 1.807) is 6.07 Å². The van der Waals surface area contributed by atoms with Crippen LogP contribution >= 0.6 is 0 Å². The van der Waals surface area contributed by atoms with Gasteiger partial charge in [0.05, 0.1) is 6.61 Å². The molecule has 2 rings (SSSR count). The number of hydrogen-bond acceptors (Lipinski definition) is 3. The van der Waals surface area contributed by atoms with Gasteiger partial charge in [-0.2, -0.15) is 0 Å². The van der Waals surface area contributed by atoms with Crippen molar-refractivity contribution in [3.05, 3.63) is 29.6 Å². The van der Waals surface area contributed by atoms with Gasteiger partial charge < -0.3 is 15.4 Å². The summed E-state index contributed by atoms with van der Waals surface area (Å²) >= 11 is 0. The summed E-state index contributed by atoms with van der Waals surface area (Å²) < 4.78 is 19.0. The molecule has 0 saturated carbocycles. The van der Waals surface area contributed by atoms with E-state index < -0.39 is 0 Å². The summed E-state index contributed by atoms with van der Waals surface area (Å²) in [4.78, 5) is 2.38. The van der Waals surface area contributed by atoms with Crippen molar-refractivity contribution in [2.75, 3.05) is 20.2 Å². The predicted octanol–water partition coefficient (Wildman–Crippen LogP) is 2.71. The van der Waals surface area contributed by atoms with Crippen molar-refractivity contribution in [2.45, 2.75) is 38.3 Å². The fraction of sp³-hybridized carbons (Fsp3) is 0.600. The Balaban J connectivity index is 1.92. The second-order valence-electron chi connectivity index (χ2n) is 5.38. The molecule has 1 fully saturated rings. The monoisotopic (exact) mass is 266 g/mol. The first-order chi connectivity index (χ1) is 9.08. The third-order valence-corrected chi connectivity index (χ3v) is 3.84. The molecule has 0 bridgehead atoms. The van der Waals surface area contributed by atoms with Gasteiger partial charge in [0.15, 0.2) is 0 Å². The molecular weight excluding hydrogens is 243 g/mol. The van der Waals surface area contributed by atoms with E-state index in [9.17, 15) is 4.39 Å². The van der Waals surface area contributed by atoms with E-state index in [1.807, 2.05) is 6.92 Å². The summed E-state index contributed by atoms with van der Waals surface area (Å²) in [5, 5.41) is 0. The molecular formula is C15H23FN2O. The summed E-state index contributed by atoms with van der Waals surface area (Å²) in [5.74, 6) is 0.437. The maximum absolute atomic E-state index is 13.2. The third kappa shape index (κ3) is 3.67. The third-order valence-electron chi connectivity index (χ3n) is 3.84. The molecule has 0 aliphatic carbocycles. The van der Waals surface area contributed by atoms with Gasteiger partial charge in [-0.25, -0.2) is 4.39 Å². The molecule has 19 heavy (non-hydrogen) atoms. The van der Waals surface area contributed by atoms with Gasteiger partial charge in [-0.15, -0.1) is 0 Å². The topological polar surface area (TPSA) is 38.5 Å². The van der Waals surface area contributed by atoms with Crippen LogP contribution in [0.15, 0.2) is 18.2 Å². The standard InChI is InChI=1S/C15H23FN2O/c1-11(17)14-10-12(16)5-6-15(14)19-9-7-13-4-3-8-18(13)2/h5-6,10-11,13H,3-4,7-9,17H2,1-2H3/t11-,13?/m1/s1. The molecule has 1 unspecified atom stereocenters. The van der Waals surface area contributed by atoms with Gasteiger partial charge in [0.25, 0.3) is 0 Å².